The number of fused-ring (bicyclic) bond motifs is 5. The van der Waals surface area contributed by atoms with Crippen molar-refractivity contribution in [1.82, 2.24) is 15.2 Å². The summed E-state index contributed by atoms with van der Waals surface area (Å²) in [5.41, 5.74) is 2.64. The highest BCUT2D eigenvalue weighted by molar-refractivity contribution is 6.20. The van der Waals surface area contributed by atoms with Crippen LogP contribution in [0.2, 0.25) is 0 Å². The summed E-state index contributed by atoms with van der Waals surface area (Å²) < 4.78 is 0. The average Bonchev–Trinajstić information content (AvgIpc) is 2.87. The van der Waals surface area contributed by atoms with E-state index in [2.05, 4.69) is 22.3 Å². The van der Waals surface area contributed by atoms with Gasteiger partial charge in [0.1, 0.15) is 5.82 Å². The van der Waals surface area contributed by atoms with E-state index in [-0.39, 0.29) is 24.9 Å². The molecule has 3 aliphatic heterocycles. The molecule has 6 rings (SSSR count). The van der Waals surface area contributed by atoms with E-state index >= 15 is 0 Å². The molecule has 0 unspecified atom stereocenters. The molecule has 0 aliphatic carbocycles. The minimum absolute atomic E-state index is 0.235. The fourth-order valence-electron chi connectivity index (χ4n) is 6.07. The molecule has 0 radical (unpaired) electrons. The topological polar surface area (TPSA) is 82.6 Å². The summed E-state index contributed by atoms with van der Waals surface area (Å²) in [6.07, 6.45) is 3.42. The maximum atomic E-state index is 14.1. The number of carbonyl (C=O) groups is 3. The molecular weight excluding hydrogens is 440 g/mol. The van der Waals surface area contributed by atoms with Gasteiger partial charge in [0, 0.05) is 24.9 Å². The van der Waals surface area contributed by atoms with Crippen LogP contribution in [0, 0.1) is 12.3 Å². The van der Waals surface area contributed by atoms with Gasteiger partial charge in [-0.3, -0.25) is 19.8 Å². The number of anilines is 1. The molecule has 4 heterocycles. The van der Waals surface area contributed by atoms with Gasteiger partial charge in [-0.2, -0.15) is 0 Å². The Morgan fingerprint density at radius 1 is 1.06 bits per heavy atom. The zero-order valence-corrected chi connectivity index (χ0v) is 19.8. The molecule has 2 fully saturated rings. The van der Waals surface area contributed by atoms with Crippen molar-refractivity contribution in [2.45, 2.75) is 45.1 Å². The van der Waals surface area contributed by atoms with Crippen molar-refractivity contribution in [2.75, 3.05) is 18.0 Å². The fraction of sp³-hybridized carbons (Fsp3) is 0.357. The predicted octanol–water partition coefficient (Wildman–Crippen LogP) is 3.77. The number of benzene rings is 2. The van der Waals surface area contributed by atoms with E-state index in [1.165, 1.54) is 4.90 Å². The van der Waals surface area contributed by atoms with Gasteiger partial charge in [0.05, 0.1) is 11.6 Å². The molecule has 3 aliphatic rings. The molecule has 0 bridgehead atoms. The number of aromatic nitrogens is 1. The van der Waals surface area contributed by atoms with Gasteiger partial charge in [-0.1, -0.05) is 42.0 Å². The van der Waals surface area contributed by atoms with Crippen LogP contribution in [0.4, 0.5) is 10.6 Å². The largest absolute Gasteiger partial charge is 0.352 e. The zero-order chi connectivity index (χ0) is 24.2. The quantitative estimate of drug-likeness (QED) is 0.592. The van der Waals surface area contributed by atoms with Crippen molar-refractivity contribution in [3.63, 3.8) is 0 Å². The van der Waals surface area contributed by atoms with Crippen molar-refractivity contribution in [1.29, 1.82) is 0 Å². The standard InChI is InChI=1S/C28H28N4O3/c1-18-10-11-22-20(15-18)16-21-17-28(23-9-5-6-13-31(23)24(21)29-22)25(33)30-27(35)32(26(28)34)14-12-19-7-3-2-4-8-19/h2-4,7-8,10-11,15-16,23H,5-6,9,12-14,17H2,1H3,(H,30,33,35)/t23-,28-/m0/s1. The molecule has 7 nitrogen and oxygen atoms in total. The minimum Gasteiger partial charge on any atom is -0.352 e. The lowest BCUT2D eigenvalue weighted by molar-refractivity contribution is -0.154. The number of piperidine rings is 1. The van der Waals surface area contributed by atoms with Crippen molar-refractivity contribution in [3.05, 3.63) is 71.3 Å². The van der Waals surface area contributed by atoms with Crippen molar-refractivity contribution >= 4 is 34.6 Å². The Labute approximate surface area is 204 Å². The second kappa shape index (κ2) is 8.18. The molecule has 1 aromatic heterocycles. The molecule has 0 saturated carbocycles. The lowest BCUT2D eigenvalue weighted by atomic mass is 9.66. The third kappa shape index (κ3) is 3.40. The van der Waals surface area contributed by atoms with E-state index in [0.717, 1.165) is 52.8 Å². The van der Waals surface area contributed by atoms with Gasteiger partial charge in [-0.25, -0.2) is 9.78 Å². The van der Waals surface area contributed by atoms with Gasteiger partial charge in [0.15, 0.2) is 5.41 Å². The SMILES string of the molecule is Cc1ccc2nc3c(cc2c1)C[C@@]1(C(=O)NC(=O)N(CCc2ccccc2)C1=O)[C@@H]1CCCCN31. The van der Waals surface area contributed by atoms with Crippen molar-refractivity contribution in [3.8, 4) is 0 Å². The maximum Gasteiger partial charge on any atom is 0.330 e. The third-order valence-electron chi connectivity index (χ3n) is 7.80. The van der Waals surface area contributed by atoms with Gasteiger partial charge in [0.25, 0.3) is 0 Å². The first-order chi connectivity index (χ1) is 17.0. The summed E-state index contributed by atoms with van der Waals surface area (Å²) in [6.45, 7) is 3.01. The van der Waals surface area contributed by atoms with Crippen LogP contribution in [0.15, 0.2) is 54.6 Å². The van der Waals surface area contributed by atoms with Crippen LogP contribution in [0.3, 0.4) is 0 Å². The van der Waals surface area contributed by atoms with Gasteiger partial charge < -0.3 is 4.90 Å². The summed E-state index contributed by atoms with van der Waals surface area (Å²) in [5, 5.41) is 3.54. The van der Waals surface area contributed by atoms with E-state index in [1.807, 2.05) is 49.4 Å². The normalized spacial score (nSPS) is 23.9. The Bertz CT molecular complexity index is 1360. The van der Waals surface area contributed by atoms with Gasteiger partial charge in [-0.05, 0) is 61.9 Å². The molecule has 4 amide bonds. The number of imide groups is 2. The number of hydrogen-bond donors (Lipinski definition) is 1. The molecule has 178 valence electrons. The second-order valence-corrected chi connectivity index (χ2v) is 9.97. The van der Waals surface area contributed by atoms with Gasteiger partial charge in [0.2, 0.25) is 11.8 Å². The molecule has 2 aromatic carbocycles. The van der Waals surface area contributed by atoms with Crippen LogP contribution in [-0.2, 0) is 22.4 Å². The molecule has 1 spiro atoms. The van der Waals surface area contributed by atoms with Crippen LogP contribution in [0.5, 0.6) is 0 Å². The number of pyridine rings is 1. The molecule has 35 heavy (non-hydrogen) atoms. The van der Waals surface area contributed by atoms with E-state index in [4.69, 9.17) is 4.98 Å². The lowest BCUT2D eigenvalue weighted by Crippen LogP contribution is -2.72. The monoisotopic (exact) mass is 468 g/mol. The maximum absolute atomic E-state index is 14.1. The van der Waals surface area contributed by atoms with Crippen LogP contribution in [-0.4, -0.2) is 46.9 Å². The fourth-order valence-corrected chi connectivity index (χ4v) is 6.07. The summed E-state index contributed by atoms with van der Waals surface area (Å²) >= 11 is 0. The first-order valence-corrected chi connectivity index (χ1v) is 12.4. The van der Waals surface area contributed by atoms with E-state index in [1.54, 1.807) is 0 Å². The molecule has 2 atom stereocenters. The molecular formula is C28H28N4O3. The Kier molecular flexibility index (Phi) is 5.09. The number of nitrogens with one attached hydrogen (secondary N) is 1. The van der Waals surface area contributed by atoms with Crippen LogP contribution in [0.25, 0.3) is 10.9 Å². The number of rotatable bonds is 3. The van der Waals surface area contributed by atoms with E-state index < -0.39 is 17.4 Å². The number of nitrogens with zero attached hydrogens (tertiary/aromatic N) is 3. The number of carbonyl (C=O) groups excluding carboxylic acids is 3. The van der Waals surface area contributed by atoms with Gasteiger partial charge >= 0.3 is 6.03 Å². The highest BCUT2D eigenvalue weighted by Gasteiger charge is 2.62. The van der Waals surface area contributed by atoms with Crippen LogP contribution in [0.1, 0.15) is 36.0 Å². The third-order valence-corrected chi connectivity index (χ3v) is 7.80. The number of hydrogen-bond acceptors (Lipinski definition) is 5. The number of amides is 4. The average molecular weight is 469 g/mol. The first kappa shape index (κ1) is 21.8. The van der Waals surface area contributed by atoms with E-state index in [9.17, 15) is 14.4 Å². The van der Waals surface area contributed by atoms with Crippen LogP contribution < -0.4 is 10.2 Å². The first-order valence-electron chi connectivity index (χ1n) is 12.4. The summed E-state index contributed by atoms with van der Waals surface area (Å²) in [4.78, 5) is 48.9. The molecule has 7 heteroatoms. The van der Waals surface area contributed by atoms with Crippen LogP contribution >= 0.6 is 0 Å². The zero-order valence-electron chi connectivity index (χ0n) is 19.8. The minimum atomic E-state index is -1.34. The van der Waals surface area contributed by atoms with E-state index in [0.29, 0.717) is 12.8 Å². The number of urea groups is 1. The van der Waals surface area contributed by atoms with Gasteiger partial charge in [-0.15, -0.1) is 0 Å². The Balaban J connectivity index is 1.43. The molecule has 3 aromatic rings. The highest BCUT2D eigenvalue weighted by atomic mass is 16.2. The second-order valence-electron chi connectivity index (χ2n) is 9.97. The molecule has 1 N–H and O–H groups in total. The highest BCUT2D eigenvalue weighted by Crippen LogP contribution is 2.47. The lowest BCUT2D eigenvalue weighted by Gasteiger charge is -2.53. The smallest absolute Gasteiger partial charge is 0.330 e. The summed E-state index contributed by atoms with van der Waals surface area (Å²) in [7, 11) is 0. The predicted molar refractivity (Wildman–Crippen MR) is 133 cm³/mol. The Hall–Kier alpha value is -3.74. The summed E-state index contributed by atoms with van der Waals surface area (Å²) in [6, 6.07) is 17.1. The molecule has 2 saturated heterocycles. The summed E-state index contributed by atoms with van der Waals surface area (Å²) in [5.74, 6) is 0.00874. The Morgan fingerprint density at radius 2 is 1.89 bits per heavy atom. The number of barbiturate groups is 1. The Morgan fingerprint density at radius 3 is 2.71 bits per heavy atom. The van der Waals surface area contributed by atoms with Crippen molar-refractivity contribution in [2.24, 2.45) is 5.41 Å². The number of aryl methyl sites for hydroxylation is 1. The van der Waals surface area contributed by atoms with Crippen molar-refractivity contribution < 1.29 is 14.4 Å².